The van der Waals surface area contributed by atoms with Gasteiger partial charge in [0, 0.05) is 18.0 Å². The van der Waals surface area contributed by atoms with Crippen LogP contribution >= 0.6 is 0 Å². The highest BCUT2D eigenvalue weighted by molar-refractivity contribution is 5.47. The second kappa shape index (κ2) is 5.97. The van der Waals surface area contributed by atoms with Gasteiger partial charge in [0.15, 0.2) is 0 Å². The van der Waals surface area contributed by atoms with Gasteiger partial charge in [0.25, 0.3) is 0 Å². The molecule has 2 bridgehead atoms. The van der Waals surface area contributed by atoms with Crippen molar-refractivity contribution in [1.82, 2.24) is 4.90 Å². The van der Waals surface area contributed by atoms with Gasteiger partial charge in [0.2, 0.25) is 0 Å². The predicted octanol–water partition coefficient (Wildman–Crippen LogP) is 3.91. The van der Waals surface area contributed by atoms with Gasteiger partial charge in [-0.05, 0) is 92.5 Å². The van der Waals surface area contributed by atoms with Crippen molar-refractivity contribution < 1.29 is 9.84 Å². The summed E-state index contributed by atoms with van der Waals surface area (Å²) in [6.45, 7) is 4.91. The van der Waals surface area contributed by atoms with Gasteiger partial charge in [0.1, 0.15) is 5.75 Å². The number of nitrogens with zero attached hydrogens (tertiary/aromatic N) is 1. The van der Waals surface area contributed by atoms with Crippen molar-refractivity contribution in [1.29, 1.82) is 0 Å². The lowest BCUT2D eigenvalue weighted by atomic mass is 9.43. The van der Waals surface area contributed by atoms with Crippen LogP contribution in [0, 0.1) is 11.3 Å². The standard InChI is InChI=1S/C23H33NO2/c1-3-22-9-8-18(25)14-23(22)10-11-24(15-16-4-5-16)21(22)12-17-6-7-19(26-2)13-20(17)23/h6-7,13,16,18,21,25H,3-5,8-12,14-15H2,1-2H3/t18-,21+,22-,23+/m0/s1. The first kappa shape index (κ1) is 17.1. The number of hydrogen-bond donors (Lipinski definition) is 1. The number of rotatable bonds is 4. The Morgan fingerprint density at radius 3 is 2.81 bits per heavy atom. The van der Waals surface area contributed by atoms with Crippen LogP contribution in [0.4, 0.5) is 0 Å². The first-order valence-electron chi connectivity index (χ1n) is 10.7. The van der Waals surface area contributed by atoms with E-state index in [0.29, 0.717) is 11.5 Å². The summed E-state index contributed by atoms with van der Waals surface area (Å²) in [7, 11) is 1.77. The van der Waals surface area contributed by atoms with E-state index >= 15 is 0 Å². The molecule has 3 aliphatic carbocycles. The average molecular weight is 356 g/mol. The van der Waals surface area contributed by atoms with Crippen molar-refractivity contribution in [2.24, 2.45) is 11.3 Å². The molecule has 0 amide bonds. The normalized spacial score (nSPS) is 39.2. The van der Waals surface area contributed by atoms with E-state index in [1.807, 2.05) is 0 Å². The third-order valence-corrected chi connectivity index (χ3v) is 8.43. The summed E-state index contributed by atoms with van der Waals surface area (Å²) in [6, 6.07) is 7.40. The van der Waals surface area contributed by atoms with E-state index in [2.05, 4.69) is 30.0 Å². The molecule has 2 saturated carbocycles. The summed E-state index contributed by atoms with van der Waals surface area (Å²) in [5.74, 6) is 1.92. The molecular formula is C23H33NO2. The molecule has 5 rings (SSSR count). The minimum Gasteiger partial charge on any atom is -0.497 e. The highest BCUT2D eigenvalue weighted by Gasteiger charge is 2.64. The summed E-state index contributed by atoms with van der Waals surface area (Å²) >= 11 is 0. The Morgan fingerprint density at radius 1 is 1.23 bits per heavy atom. The maximum atomic E-state index is 10.7. The van der Waals surface area contributed by atoms with Gasteiger partial charge in [-0.2, -0.15) is 0 Å². The molecule has 3 heteroatoms. The number of benzene rings is 1. The fraction of sp³-hybridized carbons (Fsp3) is 0.739. The number of ether oxygens (including phenoxy) is 1. The van der Waals surface area contributed by atoms with Crippen LogP contribution in [0.1, 0.15) is 63.0 Å². The monoisotopic (exact) mass is 355 g/mol. The van der Waals surface area contributed by atoms with Crippen molar-refractivity contribution in [3.8, 4) is 5.75 Å². The number of aliphatic hydroxyl groups excluding tert-OH is 1. The molecule has 1 heterocycles. The zero-order chi connectivity index (χ0) is 17.9. The molecule has 0 aromatic heterocycles. The van der Waals surface area contributed by atoms with Crippen LogP contribution in [0.25, 0.3) is 0 Å². The second-order valence-electron chi connectivity index (χ2n) is 9.42. The van der Waals surface area contributed by atoms with Gasteiger partial charge < -0.3 is 9.84 Å². The Kier molecular flexibility index (Phi) is 3.92. The van der Waals surface area contributed by atoms with E-state index in [9.17, 15) is 5.11 Å². The van der Waals surface area contributed by atoms with Crippen LogP contribution in [0.5, 0.6) is 5.75 Å². The Morgan fingerprint density at radius 2 is 2.08 bits per heavy atom. The Balaban J connectivity index is 1.66. The Hall–Kier alpha value is -1.06. The summed E-state index contributed by atoms with van der Waals surface area (Å²) < 4.78 is 5.60. The molecule has 1 aromatic carbocycles. The lowest BCUT2D eigenvalue weighted by Gasteiger charge is -2.67. The maximum Gasteiger partial charge on any atom is 0.119 e. The van der Waals surface area contributed by atoms with Crippen LogP contribution in [0.15, 0.2) is 18.2 Å². The molecule has 1 saturated heterocycles. The molecule has 1 aromatic rings. The quantitative estimate of drug-likeness (QED) is 0.889. The van der Waals surface area contributed by atoms with Crippen LogP contribution in [0.3, 0.4) is 0 Å². The number of piperidine rings is 1. The average Bonchev–Trinajstić information content (AvgIpc) is 3.47. The van der Waals surface area contributed by atoms with E-state index in [1.54, 1.807) is 7.11 Å². The van der Waals surface area contributed by atoms with Crippen molar-refractivity contribution >= 4 is 0 Å². The van der Waals surface area contributed by atoms with Crippen LogP contribution in [-0.4, -0.2) is 42.4 Å². The Labute approximate surface area is 157 Å². The molecule has 0 radical (unpaired) electrons. The molecule has 1 aliphatic heterocycles. The summed E-state index contributed by atoms with van der Waals surface area (Å²) in [5, 5.41) is 10.7. The van der Waals surface area contributed by atoms with Crippen molar-refractivity contribution in [2.45, 2.75) is 75.9 Å². The zero-order valence-electron chi connectivity index (χ0n) is 16.3. The highest BCUT2D eigenvalue weighted by atomic mass is 16.5. The van der Waals surface area contributed by atoms with Crippen LogP contribution < -0.4 is 4.74 Å². The molecule has 3 fully saturated rings. The largest absolute Gasteiger partial charge is 0.497 e. The molecule has 1 N–H and O–H groups in total. The molecule has 4 atom stereocenters. The van der Waals surface area contributed by atoms with Gasteiger partial charge in [-0.15, -0.1) is 0 Å². The minimum atomic E-state index is -0.151. The summed E-state index contributed by atoms with van der Waals surface area (Å²) in [5.41, 5.74) is 3.46. The van der Waals surface area contributed by atoms with Crippen LogP contribution in [-0.2, 0) is 11.8 Å². The lowest BCUT2D eigenvalue weighted by Crippen LogP contribution is -2.69. The molecule has 0 unspecified atom stereocenters. The first-order chi connectivity index (χ1) is 12.6. The van der Waals surface area contributed by atoms with Crippen molar-refractivity contribution in [3.05, 3.63) is 29.3 Å². The van der Waals surface area contributed by atoms with Gasteiger partial charge in [-0.25, -0.2) is 0 Å². The molecule has 4 aliphatic rings. The molecular weight excluding hydrogens is 322 g/mol. The minimum absolute atomic E-state index is 0.131. The van der Waals surface area contributed by atoms with Crippen LogP contribution in [0.2, 0.25) is 0 Å². The third kappa shape index (κ3) is 2.26. The third-order valence-electron chi connectivity index (χ3n) is 8.43. The fourth-order valence-corrected chi connectivity index (χ4v) is 7.00. The predicted molar refractivity (Wildman–Crippen MR) is 104 cm³/mol. The number of methoxy groups -OCH3 is 1. The number of aliphatic hydroxyl groups is 1. The van der Waals surface area contributed by atoms with Gasteiger partial charge in [0.05, 0.1) is 13.2 Å². The fourth-order valence-electron chi connectivity index (χ4n) is 7.00. The summed E-state index contributed by atoms with van der Waals surface area (Å²) in [4.78, 5) is 2.85. The lowest BCUT2D eigenvalue weighted by molar-refractivity contribution is -0.124. The van der Waals surface area contributed by atoms with Crippen molar-refractivity contribution in [3.63, 3.8) is 0 Å². The topological polar surface area (TPSA) is 32.7 Å². The molecule has 3 nitrogen and oxygen atoms in total. The first-order valence-corrected chi connectivity index (χ1v) is 10.7. The Bertz CT molecular complexity index is 699. The molecule has 26 heavy (non-hydrogen) atoms. The van der Waals surface area contributed by atoms with Crippen molar-refractivity contribution in [2.75, 3.05) is 20.2 Å². The van der Waals surface area contributed by atoms with E-state index in [1.165, 1.54) is 62.7 Å². The van der Waals surface area contributed by atoms with Gasteiger partial charge in [-0.3, -0.25) is 4.90 Å². The number of fused-ring (bicyclic) bond motifs is 1. The molecule has 0 spiro atoms. The zero-order valence-corrected chi connectivity index (χ0v) is 16.3. The SMILES string of the molecule is CC[C@@]12CC[C@H](O)C[C@@]13CCN(CC1CC1)[C@@H]2Cc1ccc(OC)cc13. The highest BCUT2D eigenvalue weighted by Crippen LogP contribution is 2.65. The van der Waals surface area contributed by atoms with E-state index < -0.39 is 0 Å². The smallest absolute Gasteiger partial charge is 0.119 e. The maximum absolute atomic E-state index is 10.7. The van der Waals surface area contributed by atoms with E-state index in [0.717, 1.165) is 24.5 Å². The number of likely N-dealkylation sites (tertiary alicyclic amines) is 1. The second-order valence-corrected chi connectivity index (χ2v) is 9.42. The number of hydrogen-bond acceptors (Lipinski definition) is 3. The summed E-state index contributed by atoms with van der Waals surface area (Å²) in [6.07, 6.45) is 9.40. The molecule has 142 valence electrons. The van der Waals surface area contributed by atoms with Gasteiger partial charge in [-0.1, -0.05) is 13.0 Å². The van der Waals surface area contributed by atoms with E-state index in [4.69, 9.17) is 4.74 Å². The van der Waals surface area contributed by atoms with E-state index in [-0.39, 0.29) is 11.5 Å². The van der Waals surface area contributed by atoms with Gasteiger partial charge >= 0.3 is 0 Å².